The molecule has 4 nitrogen and oxygen atoms in total. The van der Waals surface area contributed by atoms with E-state index >= 15 is 0 Å². The second-order valence-electron chi connectivity index (χ2n) is 9.21. The monoisotopic (exact) mass is 438 g/mol. The number of amides is 1. The van der Waals surface area contributed by atoms with Crippen LogP contribution in [-0.2, 0) is 17.8 Å². The minimum Gasteiger partial charge on any atom is -0.312 e. The molecule has 1 saturated carbocycles. The van der Waals surface area contributed by atoms with Gasteiger partial charge in [0, 0.05) is 49.1 Å². The van der Waals surface area contributed by atoms with Crippen LogP contribution in [-0.4, -0.2) is 24.3 Å². The molecule has 0 bridgehead atoms. The molecule has 33 heavy (non-hydrogen) atoms. The topological polar surface area (TPSA) is 49.4 Å². The first-order chi connectivity index (χ1) is 16.2. The number of hydrogen-bond acceptors (Lipinski definition) is 3. The van der Waals surface area contributed by atoms with E-state index in [-0.39, 0.29) is 11.7 Å². The van der Waals surface area contributed by atoms with Gasteiger partial charge in [-0.25, -0.2) is 0 Å². The summed E-state index contributed by atoms with van der Waals surface area (Å²) in [6.07, 6.45) is 4.09. The molecule has 5 rings (SSSR count). The molecule has 1 aliphatic carbocycles. The van der Waals surface area contributed by atoms with Crippen molar-refractivity contribution in [3.8, 4) is 0 Å². The first-order valence-corrected chi connectivity index (χ1v) is 12.0. The number of carbonyl (C=O) groups is 2. The highest BCUT2D eigenvalue weighted by atomic mass is 16.2. The predicted molar refractivity (Wildman–Crippen MR) is 132 cm³/mol. The Hall–Kier alpha value is -3.24. The fraction of sp³-hybridized carbons (Fsp3) is 0.310. The Morgan fingerprint density at radius 2 is 1.73 bits per heavy atom. The van der Waals surface area contributed by atoms with Crippen LogP contribution < -0.4 is 10.2 Å². The Morgan fingerprint density at radius 3 is 2.52 bits per heavy atom. The van der Waals surface area contributed by atoms with E-state index < -0.39 is 0 Å². The van der Waals surface area contributed by atoms with Crippen LogP contribution in [0.3, 0.4) is 0 Å². The highest BCUT2D eigenvalue weighted by Gasteiger charge is 2.37. The SMILES string of the molecule is O=C(Cc1ccc(C2CC2NCc2ccccc2)cc1)c1cccc(N2CCCCC2=O)c1. The minimum atomic E-state index is 0.0860. The van der Waals surface area contributed by atoms with E-state index in [1.54, 1.807) is 0 Å². The molecule has 1 heterocycles. The van der Waals surface area contributed by atoms with E-state index in [4.69, 9.17) is 0 Å². The molecule has 2 atom stereocenters. The smallest absolute Gasteiger partial charge is 0.226 e. The van der Waals surface area contributed by atoms with Gasteiger partial charge in [0.25, 0.3) is 0 Å². The standard InChI is InChI=1S/C29H30N2O2/c32-28(24-9-6-10-25(18-24)31-16-5-4-11-29(31)33)17-21-12-14-23(15-13-21)26-19-27(26)30-20-22-7-2-1-3-8-22/h1-3,6-10,12-15,18,26-27,30H,4-5,11,16-17,19-20H2. The number of piperidine rings is 1. The lowest BCUT2D eigenvalue weighted by molar-refractivity contribution is -0.119. The van der Waals surface area contributed by atoms with Crippen molar-refractivity contribution < 1.29 is 9.59 Å². The fourth-order valence-electron chi connectivity index (χ4n) is 4.73. The minimum absolute atomic E-state index is 0.0860. The highest BCUT2D eigenvalue weighted by Crippen LogP contribution is 2.41. The van der Waals surface area contributed by atoms with Gasteiger partial charge in [-0.05, 0) is 48.1 Å². The van der Waals surface area contributed by atoms with Crippen molar-refractivity contribution in [2.24, 2.45) is 0 Å². The van der Waals surface area contributed by atoms with Crippen LogP contribution in [0.4, 0.5) is 5.69 Å². The summed E-state index contributed by atoms with van der Waals surface area (Å²) >= 11 is 0. The van der Waals surface area contributed by atoms with Gasteiger partial charge in [-0.1, -0.05) is 66.7 Å². The molecule has 1 saturated heterocycles. The Bertz CT molecular complexity index is 1120. The first-order valence-electron chi connectivity index (χ1n) is 12.0. The molecular formula is C29H30N2O2. The van der Waals surface area contributed by atoms with Crippen LogP contribution in [0.25, 0.3) is 0 Å². The van der Waals surface area contributed by atoms with Gasteiger partial charge < -0.3 is 10.2 Å². The van der Waals surface area contributed by atoms with Crippen molar-refractivity contribution in [3.05, 3.63) is 101 Å². The van der Waals surface area contributed by atoms with Crippen molar-refractivity contribution in [1.82, 2.24) is 5.32 Å². The van der Waals surface area contributed by atoms with Crippen LogP contribution in [0, 0.1) is 0 Å². The lowest BCUT2D eigenvalue weighted by atomic mass is 10.00. The number of carbonyl (C=O) groups excluding carboxylic acids is 2. The Labute approximate surface area is 195 Å². The Kier molecular flexibility index (Phi) is 6.36. The van der Waals surface area contributed by atoms with Crippen LogP contribution in [0.5, 0.6) is 0 Å². The van der Waals surface area contributed by atoms with E-state index in [1.165, 1.54) is 11.1 Å². The number of nitrogens with zero attached hydrogens (tertiary/aromatic N) is 1. The summed E-state index contributed by atoms with van der Waals surface area (Å²) in [6, 6.07) is 27.0. The molecular weight excluding hydrogens is 408 g/mol. The zero-order valence-corrected chi connectivity index (χ0v) is 18.9. The third kappa shape index (κ3) is 5.23. The molecule has 3 aromatic rings. The average molecular weight is 439 g/mol. The third-order valence-electron chi connectivity index (χ3n) is 6.78. The fourth-order valence-corrected chi connectivity index (χ4v) is 4.73. The number of benzene rings is 3. The molecule has 2 unspecified atom stereocenters. The third-order valence-corrected chi connectivity index (χ3v) is 6.78. The van der Waals surface area contributed by atoms with Crippen molar-refractivity contribution in [2.75, 3.05) is 11.4 Å². The van der Waals surface area contributed by atoms with Gasteiger partial charge in [0.05, 0.1) is 0 Å². The van der Waals surface area contributed by atoms with E-state index in [2.05, 4.69) is 53.8 Å². The molecule has 0 radical (unpaired) electrons. The quantitative estimate of drug-likeness (QED) is 0.487. The number of anilines is 1. The Balaban J connectivity index is 1.17. The molecule has 0 aromatic heterocycles. The summed E-state index contributed by atoms with van der Waals surface area (Å²) in [5, 5.41) is 3.64. The van der Waals surface area contributed by atoms with Crippen molar-refractivity contribution in [2.45, 2.75) is 50.6 Å². The molecule has 2 fully saturated rings. The second-order valence-corrected chi connectivity index (χ2v) is 9.21. The van der Waals surface area contributed by atoms with E-state index in [1.807, 2.05) is 35.2 Å². The molecule has 1 amide bonds. The normalized spacial score (nSPS) is 20.0. The highest BCUT2D eigenvalue weighted by molar-refractivity contribution is 6.00. The molecule has 3 aromatic carbocycles. The lowest BCUT2D eigenvalue weighted by Crippen LogP contribution is -2.35. The number of ketones is 1. The Morgan fingerprint density at radius 1 is 0.909 bits per heavy atom. The number of hydrogen-bond donors (Lipinski definition) is 1. The molecule has 1 aliphatic heterocycles. The van der Waals surface area contributed by atoms with Gasteiger partial charge in [-0.15, -0.1) is 0 Å². The van der Waals surface area contributed by atoms with Crippen LogP contribution in [0.2, 0.25) is 0 Å². The van der Waals surface area contributed by atoms with Crippen molar-refractivity contribution in [3.63, 3.8) is 0 Å². The van der Waals surface area contributed by atoms with E-state index in [9.17, 15) is 9.59 Å². The van der Waals surface area contributed by atoms with E-state index in [0.717, 1.165) is 43.6 Å². The molecule has 0 spiro atoms. The average Bonchev–Trinajstić information content (AvgIpc) is 3.64. The van der Waals surface area contributed by atoms with Gasteiger partial charge >= 0.3 is 0 Å². The number of rotatable bonds is 8. The second kappa shape index (κ2) is 9.72. The predicted octanol–water partition coefficient (Wildman–Crippen LogP) is 5.27. The lowest BCUT2D eigenvalue weighted by Gasteiger charge is -2.27. The van der Waals surface area contributed by atoms with Crippen molar-refractivity contribution >= 4 is 17.4 Å². The van der Waals surface area contributed by atoms with Gasteiger partial charge in [-0.3, -0.25) is 9.59 Å². The first kappa shape index (κ1) is 21.6. The summed E-state index contributed by atoms with van der Waals surface area (Å²) in [7, 11) is 0. The summed E-state index contributed by atoms with van der Waals surface area (Å²) < 4.78 is 0. The van der Waals surface area contributed by atoms with Crippen LogP contribution in [0.1, 0.15) is 58.6 Å². The maximum Gasteiger partial charge on any atom is 0.226 e. The summed E-state index contributed by atoms with van der Waals surface area (Å²) in [5.74, 6) is 0.790. The summed E-state index contributed by atoms with van der Waals surface area (Å²) in [4.78, 5) is 27.0. The maximum absolute atomic E-state index is 12.9. The molecule has 4 heteroatoms. The zero-order chi connectivity index (χ0) is 22.6. The molecule has 2 aliphatic rings. The molecule has 1 N–H and O–H groups in total. The van der Waals surface area contributed by atoms with Crippen LogP contribution >= 0.6 is 0 Å². The summed E-state index contributed by atoms with van der Waals surface area (Å²) in [5.41, 5.74) is 5.18. The largest absolute Gasteiger partial charge is 0.312 e. The van der Waals surface area contributed by atoms with Gasteiger partial charge in [0.1, 0.15) is 0 Å². The van der Waals surface area contributed by atoms with Crippen molar-refractivity contribution in [1.29, 1.82) is 0 Å². The summed E-state index contributed by atoms with van der Waals surface area (Å²) in [6.45, 7) is 1.64. The maximum atomic E-state index is 12.9. The van der Waals surface area contributed by atoms with Gasteiger partial charge in [-0.2, -0.15) is 0 Å². The van der Waals surface area contributed by atoms with Gasteiger partial charge in [0.15, 0.2) is 5.78 Å². The molecule has 168 valence electrons. The number of Topliss-reactive ketones (excluding diaryl/α,β-unsaturated/α-hetero) is 1. The number of nitrogens with one attached hydrogen (secondary N) is 1. The van der Waals surface area contributed by atoms with Crippen LogP contribution in [0.15, 0.2) is 78.9 Å². The van der Waals surface area contributed by atoms with Gasteiger partial charge in [0.2, 0.25) is 5.91 Å². The van der Waals surface area contributed by atoms with E-state index in [0.29, 0.717) is 30.4 Å². The zero-order valence-electron chi connectivity index (χ0n) is 18.9.